The molecule has 2 rings (SSSR count). The van der Waals surface area contributed by atoms with Crippen molar-refractivity contribution in [2.24, 2.45) is 5.92 Å². The summed E-state index contributed by atoms with van der Waals surface area (Å²) in [5, 5.41) is 7.03. The highest BCUT2D eigenvalue weighted by molar-refractivity contribution is 4.77. The van der Waals surface area contributed by atoms with Gasteiger partial charge in [-0.3, -0.25) is 0 Å². The first-order chi connectivity index (χ1) is 6.45. The Morgan fingerprint density at radius 1 is 1.00 bits per heavy atom. The lowest BCUT2D eigenvalue weighted by Crippen LogP contribution is -2.48. The topological polar surface area (TPSA) is 24.1 Å². The molecular formula is C11H22N2. The SMILES string of the molecule is C1CCC(CCC2CNCCN2)C1. The van der Waals surface area contributed by atoms with E-state index in [1.165, 1.54) is 45.1 Å². The first-order valence-corrected chi connectivity index (χ1v) is 5.89. The van der Waals surface area contributed by atoms with Crippen LogP contribution in [0.1, 0.15) is 38.5 Å². The predicted molar refractivity (Wildman–Crippen MR) is 55.9 cm³/mol. The Balaban J connectivity index is 1.60. The minimum absolute atomic E-state index is 0.759. The fraction of sp³-hybridized carbons (Fsp3) is 1.00. The molecule has 1 unspecified atom stereocenters. The van der Waals surface area contributed by atoms with Crippen molar-refractivity contribution in [1.82, 2.24) is 10.6 Å². The molecule has 0 amide bonds. The molecule has 1 heterocycles. The van der Waals surface area contributed by atoms with E-state index in [1.54, 1.807) is 0 Å². The summed E-state index contributed by atoms with van der Waals surface area (Å²) in [7, 11) is 0. The van der Waals surface area contributed by atoms with Gasteiger partial charge < -0.3 is 10.6 Å². The van der Waals surface area contributed by atoms with Gasteiger partial charge in [0, 0.05) is 25.7 Å². The Morgan fingerprint density at radius 3 is 2.54 bits per heavy atom. The van der Waals surface area contributed by atoms with Crippen LogP contribution >= 0.6 is 0 Å². The predicted octanol–water partition coefficient (Wildman–Crippen LogP) is 1.52. The molecule has 2 aliphatic rings. The van der Waals surface area contributed by atoms with E-state index in [0.717, 1.165) is 25.0 Å². The number of rotatable bonds is 3. The normalized spacial score (nSPS) is 30.9. The molecule has 1 atom stereocenters. The molecular weight excluding hydrogens is 160 g/mol. The zero-order valence-corrected chi connectivity index (χ0v) is 8.52. The minimum Gasteiger partial charge on any atom is -0.314 e. The van der Waals surface area contributed by atoms with Crippen LogP contribution in [0, 0.1) is 5.92 Å². The maximum atomic E-state index is 3.58. The second-order valence-corrected chi connectivity index (χ2v) is 4.58. The van der Waals surface area contributed by atoms with E-state index >= 15 is 0 Å². The van der Waals surface area contributed by atoms with Crippen LogP contribution in [0.3, 0.4) is 0 Å². The fourth-order valence-electron chi connectivity index (χ4n) is 2.65. The first kappa shape index (κ1) is 9.47. The Labute approximate surface area is 81.5 Å². The summed E-state index contributed by atoms with van der Waals surface area (Å²) < 4.78 is 0. The highest BCUT2D eigenvalue weighted by Gasteiger charge is 2.18. The van der Waals surface area contributed by atoms with Crippen LogP contribution in [0.25, 0.3) is 0 Å². The van der Waals surface area contributed by atoms with Crippen LogP contribution in [-0.4, -0.2) is 25.7 Å². The number of nitrogens with one attached hydrogen (secondary N) is 2. The van der Waals surface area contributed by atoms with Crippen molar-refractivity contribution >= 4 is 0 Å². The fourth-order valence-corrected chi connectivity index (χ4v) is 2.65. The van der Waals surface area contributed by atoms with E-state index in [4.69, 9.17) is 0 Å². The smallest absolute Gasteiger partial charge is 0.0193 e. The van der Waals surface area contributed by atoms with E-state index in [1.807, 2.05) is 0 Å². The molecule has 0 radical (unpaired) electrons. The zero-order chi connectivity index (χ0) is 8.93. The van der Waals surface area contributed by atoms with Crippen LogP contribution in [0.5, 0.6) is 0 Å². The summed E-state index contributed by atoms with van der Waals surface area (Å²) in [6.07, 6.45) is 8.82. The second kappa shape index (κ2) is 4.97. The Morgan fingerprint density at radius 2 is 1.85 bits per heavy atom. The van der Waals surface area contributed by atoms with Crippen molar-refractivity contribution in [2.45, 2.75) is 44.6 Å². The van der Waals surface area contributed by atoms with Crippen molar-refractivity contribution in [2.75, 3.05) is 19.6 Å². The molecule has 0 bridgehead atoms. The van der Waals surface area contributed by atoms with Crippen LogP contribution in [0.2, 0.25) is 0 Å². The van der Waals surface area contributed by atoms with Gasteiger partial charge in [-0.1, -0.05) is 25.7 Å². The van der Waals surface area contributed by atoms with Gasteiger partial charge >= 0.3 is 0 Å². The molecule has 1 aliphatic heterocycles. The largest absolute Gasteiger partial charge is 0.314 e. The van der Waals surface area contributed by atoms with E-state index in [0.29, 0.717) is 0 Å². The van der Waals surface area contributed by atoms with Gasteiger partial charge in [-0.25, -0.2) is 0 Å². The summed E-state index contributed by atoms with van der Waals surface area (Å²) in [5.74, 6) is 1.06. The summed E-state index contributed by atoms with van der Waals surface area (Å²) >= 11 is 0. The molecule has 76 valence electrons. The van der Waals surface area contributed by atoms with Gasteiger partial charge in [0.15, 0.2) is 0 Å². The Kier molecular flexibility index (Phi) is 3.62. The molecule has 2 heteroatoms. The van der Waals surface area contributed by atoms with Gasteiger partial charge in [0.1, 0.15) is 0 Å². The Bertz CT molecular complexity index is 135. The van der Waals surface area contributed by atoms with Gasteiger partial charge in [0.25, 0.3) is 0 Å². The molecule has 2 nitrogen and oxygen atoms in total. The van der Waals surface area contributed by atoms with Crippen molar-refractivity contribution in [3.05, 3.63) is 0 Å². The number of piperazine rings is 1. The molecule has 0 spiro atoms. The second-order valence-electron chi connectivity index (χ2n) is 4.58. The maximum absolute atomic E-state index is 3.58. The molecule has 1 aliphatic carbocycles. The quantitative estimate of drug-likeness (QED) is 0.691. The van der Waals surface area contributed by atoms with Gasteiger partial charge in [0.05, 0.1) is 0 Å². The first-order valence-electron chi connectivity index (χ1n) is 5.89. The standard InChI is InChI=1S/C11H22N2/c1-2-4-10(3-1)5-6-11-9-12-7-8-13-11/h10-13H,1-9H2. The molecule has 0 aromatic carbocycles. The third kappa shape index (κ3) is 2.96. The summed E-state index contributed by atoms with van der Waals surface area (Å²) in [6, 6.07) is 0.759. The van der Waals surface area contributed by atoms with E-state index in [2.05, 4.69) is 10.6 Å². The summed E-state index contributed by atoms with van der Waals surface area (Å²) in [4.78, 5) is 0. The lowest BCUT2D eigenvalue weighted by Gasteiger charge is -2.25. The minimum atomic E-state index is 0.759. The van der Waals surface area contributed by atoms with Crippen molar-refractivity contribution in [1.29, 1.82) is 0 Å². The molecule has 1 saturated heterocycles. The van der Waals surface area contributed by atoms with Gasteiger partial charge in [0.2, 0.25) is 0 Å². The van der Waals surface area contributed by atoms with Crippen LogP contribution in [0.15, 0.2) is 0 Å². The third-order valence-electron chi connectivity index (χ3n) is 3.52. The van der Waals surface area contributed by atoms with Crippen molar-refractivity contribution in [3.8, 4) is 0 Å². The average molecular weight is 182 g/mol. The van der Waals surface area contributed by atoms with E-state index < -0.39 is 0 Å². The van der Waals surface area contributed by atoms with Crippen molar-refractivity contribution in [3.63, 3.8) is 0 Å². The maximum Gasteiger partial charge on any atom is 0.0193 e. The molecule has 2 N–H and O–H groups in total. The van der Waals surface area contributed by atoms with E-state index in [9.17, 15) is 0 Å². The van der Waals surface area contributed by atoms with Crippen molar-refractivity contribution < 1.29 is 0 Å². The summed E-state index contributed by atoms with van der Waals surface area (Å²) in [6.45, 7) is 3.50. The van der Waals surface area contributed by atoms with Gasteiger partial charge in [-0.05, 0) is 18.8 Å². The van der Waals surface area contributed by atoms with E-state index in [-0.39, 0.29) is 0 Å². The highest BCUT2D eigenvalue weighted by Crippen LogP contribution is 2.28. The number of hydrogen-bond donors (Lipinski definition) is 2. The average Bonchev–Trinajstić information content (AvgIpc) is 2.69. The Hall–Kier alpha value is -0.0800. The number of hydrogen-bond acceptors (Lipinski definition) is 2. The molecule has 1 saturated carbocycles. The van der Waals surface area contributed by atoms with Gasteiger partial charge in [-0.15, -0.1) is 0 Å². The van der Waals surface area contributed by atoms with Crippen LogP contribution < -0.4 is 10.6 Å². The van der Waals surface area contributed by atoms with Crippen LogP contribution in [0.4, 0.5) is 0 Å². The van der Waals surface area contributed by atoms with Crippen LogP contribution in [-0.2, 0) is 0 Å². The molecule has 0 aromatic rings. The highest BCUT2D eigenvalue weighted by atomic mass is 15.0. The zero-order valence-electron chi connectivity index (χ0n) is 8.52. The third-order valence-corrected chi connectivity index (χ3v) is 3.52. The lowest BCUT2D eigenvalue weighted by molar-refractivity contribution is 0.360. The molecule has 0 aromatic heterocycles. The summed E-state index contributed by atoms with van der Waals surface area (Å²) in [5.41, 5.74) is 0. The van der Waals surface area contributed by atoms with Gasteiger partial charge in [-0.2, -0.15) is 0 Å². The lowest BCUT2D eigenvalue weighted by atomic mass is 9.98. The molecule has 13 heavy (non-hydrogen) atoms. The molecule has 2 fully saturated rings. The monoisotopic (exact) mass is 182 g/mol.